The number of hydrogen-bond donors (Lipinski definition) is 2. The number of nitrogens with zero attached hydrogens (tertiary/aromatic N) is 2. The van der Waals surface area contributed by atoms with Gasteiger partial charge >= 0.3 is 0 Å². The van der Waals surface area contributed by atoms with E-state index in [1.807, 2.05) is 0 Å². The maximum absolute atomic E-state index is 5.65. The van der Waals surface area contributed by atoms with Crippen LogP contribution < -0.4 is 0 Å². The molecule has 2 aliphatic heterocycles. The Morgan fingerprint density at radius 1 is 0.361 bits per heavy atom. The number of aromatic nitrogens is 4. The van der Waals surface area contributed by atoms with Gasteiger partial charge in [-0.05, 0) is 119 Å². The maximum Gasteiger partial charge on any atom is 0.129 e. The third kappa shape index (κ3) is 12.4. The molecule has 7 aromatic rings. The van der Waals surface area contributed by atoms with Gasteiger partial charge in [0.15, 0.2) is 0 Å². The van der Waals surface area contributed by atoms with Gasteiger partial charge in [0, 0.05) is 61.1 Å². The van der Waals surface area contributed by atoms with Crippen molar-refractivity contribution in [3.63, 3.8) is 0 Å². The van der Waals surface area contributed by atoms with Gasteiger partial charge in [-0.25, -0.2) is 9.97 Å². The standard InChI is InChI=1S/C64H62N4Si4/c1-69(2,3)37-33-45-13-21-49(22-14-45)58-43-57-42-55-30-29-53(65-55)41-54-31-32-56(66-54)44-59-60(50-23-15-46(16-24-50)34-38-70(4,5)6)61(51-25-17-47(18-26-51)35-39-71(7,8)9)64(68-59)62(63(58)67-57)52-27-19-48(20-28-52)36-40-72(10,11)12/h13-32,41-44,65,68H,1-12H3. The van der Waals surface area contributed by atoms with Crippen molar-refractivity contribution in [1.82, 2.24) is 19.9 Å². The highest BCUT2D eigenvalue weighted by Gasteiger charge is 2.25. The van der Waals surface area contributed by atoms with E-state index in [0.29, 0.717) is 0 Å². The Bertz CT molecular complexity index is 3760. The summed E-state index contributed by atoms with van der Waals surface area (Å²) < 4.78 is 0. The molecule has 72 heavy (non-hydrogen) atoms. The highest BCUT2D eigenvalue weighted by Crippen LogP contribution is 2.46. The first-order valence-corrected chi connectivity index (χ1v) is 38.8. The van der Waals surface area contributed by atoms with Crippen LogP contribution in [0.25, 0.3) is 79.2 Å². The molecule has 0 aliphatic carbocycles. The fourth-order valence-corrected chi connectivity index (χ4v) is 10.4. The Kier molecular flexibility index (Phi) is 13.5. The molecule has 0 saturated heterocycles. The van der Waals surface area contributed by atoms with Crippen LogP contribution in [-0.4, -0.2) is 52.2 Å². The van der Waals surface area contributed by atoms with Gasteiger partial charge in [0.05, 0.1) is 28.3 Å². The van der Waals surface area contributed by atoms with E-state index >= 15 is 0 Å². The Labute approximate surface area is 431 Å². The number of benzene rings is 4. The van der Waals surface area contributed by atoms with Gasteiger partial charge in [0.25, 0.3) is 0 Å². The van der Waals surface area contributed by atoms with Gasteiger partial charge in [-0.15, -0.1) is 22.2 Å². The minimum absolute atomic E-state index is 0.840. The van der Waals surface area contributed by atoms with Gasteiger partial charge in [0.1, 0.15) is 32.3 Å². The van der Waals surface area contributed by atoms with Crippen LogP contribution in [0.2, 0.25) is 78.6 Å². The summed E-state index contributed by atoms with van der Waals surface area (Å²) in [4.78, 5) is 18.5. The van der Waals surface area contributed by atoms with Gasteiger partial charge in [-0.3, -0.25) is 0 Å². The largest absolute Gasteiger partial charge is 0.355 e. The Morgan fingerprint density at radius 3 is 1.17 bits per heavy atom. The first-order chi connectivity index (χ1) is 34.1. The highest BCUT2D eigenvalue weighted by atomic mass is 28.3. The summed E-state index contributed by atoms with van der Waals surface area (Å²) in [5.74, 6) is 14.0. The third-order valence-electron chi connectivity index (χ3n) is 11.7. The summed E-state index contributed by atoms with van der Waals surface area (Å²) >= 11 is 0. The van der Waals surface area contributed by atoms with E-state index in [1.54, 1.807) is 0 Å². The molecule has 0 fully saturated rings. The Hall–Kier alpha value is -7.41. The second-order valence-corrected chi connectivity index (χ2v) is 41.9. The van der Waals surface area contributed by atoms with Crippen molar-refractivity contribution < 1.29 is 0 Å². The second-order valence-electron chi connectivity index (χ2n) is 22.9. The zero-order chi connectivity index (χ0) is 51.0. The van der Waals surface area contributed by atoms with Crippen LogP contribution >= 0.6 is 0 Å². The summed E-state index contributed by atoms with van der Waals surface area (Å²) in [6.45, 7) is 27.4. The van der Waals surface area contributed by atoms with E-state index in [9.17, 15) is 0 Å². The number of rotatable bonds is 4. The fourth-order valence-electron chi connectivity index (χ4n) is 8.28. The van der Waals surface area contributed by atoms with E-state index in [-0.39, 0.29) is 0 Å². The van der Waals surface area contributed by atoms with Crippen LogP contribution in [0.1, 0.15) is 50.6 Å². The molecule has 8 heteroatoms. The third-order valence-corrected chi connectivity index (χ3v) is 15.2. The minimum Gasteiger partial charge on any atom is -0.355 e. The summed E-state index contributed by atoms with van der Waals surface area (Å²) in [5, 5.41) is 0. The van der Waals surface area contributed by atoms with Crippen molar-refractivity contribution in [3.8, 4) is 79.2 Å². The average molecular weight is 1000 g/mol. The lowest BCUT2D eigenvalue weighted by Crippen LogP contribution is -2.16. The first kappa shape index (κ1) is 49.6. The fraction of sp³-hybridized carbons (Fsp3) is 0.188. The lowest BCUT2D eigenvalue weighted by molar-refractivity contribution is 1.30. The SMILES string of the molecule is C[Si](C)(C)C#Cc1ccc(C2=Cc3cc4ccc(cc5nc(cc6[nH]c(c(-c7ccc(C#C[Si](C)(C)C)cc7)c2n3)c(-c2ccc(C#C[Si](C)(C)C)cc2)c6-c2ccc(C#C[Si](C)(C)C)cc2)C=C5)[nH]4)cc1. The van der Waals surface area contributed by atoms with E-state index in [0.717, 1.165) is 112 Å². The van der Waals surface area contributed by atoms with Crippen LogP contribution in [0.5, 0.6) is 0 Å². The molecule has 4 aromatic carbocycles. The van der Waals surface area contributed by atoms with Crippen molar-refractivity contribution in [2.24, 2.45) is 0 Å². The summed E-state index contributed by atoms with van der Waals surface area (Å²) in [5.41, 5.74) is 33.7. The molecule has 0 radical (unpaired) electrons. The van der Waals surface area contributed by atoms with Gasteiger partial charge in [-0.2, -0.15) is 0 Å². The van der Waals surface area contributed by atoms with Crippen LogP contribution in [0.15, 0.2) is 127 Å². The lowest BCUT2D eigenvalue weighted by atomic mass is 9.90. The Morgan fingerprint density at radius 2 is 0.736 bits per heavy atom. The molecule has 0 amide bonds. The van der Waals surface area contributed by atoms with E-state index < -0.39 is 32.3 Å². The second kappa shape index (κ2) is 19.7. The number of aromatic amines is 2. The predicted octanol–water partition coefficient (Wildman–Crippen LogP) is 16.0. The van der Waals surface area contributed by atoms with E-state index in [1.165, 1.54) is 0 Å². The number of fused-ring (bicyclic) bond motifs is 8. The van der Waals surface area contributed by atoms with Crippen molar-refractivity contribution in [2.45, 2.75) is 78.6 Å². The molecule has 8 bridgehead atoms. The van der Waals surface area contributed by atoms with Gasteiger partial charge in [0.2, 0.25) is 0 Å². The number of H-pyrrole nitrogens is 2. The normalized spacial score (nSPS) is 12.3. The van der Waals surface area contributed by atoms with Crippen LogP contribution in [0.3, 0.4) is 0 Å². The number of nitrogens with one attached hydrogen (secondary N) is 2. The van der Waals surface area contributed by atoms with Crippen LogP contribution in [0.4, 0.5) is 0 Å². The van der Waals surface area contributed by atoms with Crippen molar-refractivity contribution in [1.29, 1.82) is 0 Å². The molecule has 0 unspecified atom stereocenters. The Balaban J connectivity index is 1.44. The molecule has 0 saturated carbocycles. The van der Waals surface area contributed by atoms with E-state index in [4.69, 9.17) is 9.97 Å². The zero-order valence-corrected chi connectivity index (χ0v) is 47.8. The summed E-state index contributed by atoms with van der Waals surface area (Å²) in [6.07, 6.45) is 6.39. The molecule has 2 N–H and O–H groups in total. The molecular weight excluding hydrogens is 937 g/mol. The summed E-state index contributed by atoms with van der Waals surface area (Å²) in [6, 6.07) is 45.6. The highest BCUT2D eigenvalue weighted by molar-refractivity contribution is 6.85. The molecule has 0 atom stereocenters. The molecule has 4 nitrogen and oxygen atoms in total. The van der Waals surface area contributed by atoms with Crippen LogP contribution in [-0.2, 0) is 0 Å². The van der Waals surface area contributed by atoms with Gasteiger partial charge in [-0.1, -0.05) is 151 Å². The molecule has 9 rings (SSSR count). The first-order valence-electron chi connectivity index (χ1n) is 24.8. The van der Waals surface area contributed by atoms with Crippen molar-refractivity contribution >= 4 is 78.2 Å². The van der Waals surface area contributed by atoms with Crippen LogP contribution in [0, 0.1) is 45.9 Å². The molecule has 3 aromatic heterocycles. The summed E-state index contributed by atoms with van der Waals surface area (Å²) in [7, 11) is -6.44. The monoisotopic (exact) mass is 998 g/mol. The predicted molar refractivity (Wildman–Crippen MR) is 321 cm³/mol. The van der Waals surface area contributed by atoms with Gasteiger partial charge < -0.3 is 9.97 Å². The molecule has 354 valence electrons. The maximum atomic E-state index is 5.65. The van der Waals surface area contributed by atoms with E-state index in [2.05, 4.69) is 280 Å². The quantitative estimate of drug-likeness (QED) is 0.136. The van der Waals surface area contributed by atoms with Crippen molar-refractivity contribution in [3.05, 3.63) is 178 Å². The minimum atomic E-state index is -1.63. The smallest absolute Gasteiger partial charge is 0.129 e. The average Bonchev–Trinajstić information content (AvgIpc) is 4.14. The lowest BCUT2D eigenvalue weighted by Gasteiger charge is -2.13. The molecule has 2 aliphatic rings. The molecule has 0 spiro atoms. The van der Waals surface area contributed by atoms with Crippen molar-refractivity contribution in [2.75, 3.05) is 0 Å². The number of hydrogen-bond acceptors (Lipinski definition) is 2. The topological polar surface area (TPSA) is 57.4 Å². The molecular formula is C64H62N4Si4. The molecule has 5 heterocycles. The zero-order valence-electron chi connectivity index (χ0n) is 43.8.